The molecule has 0 radical (unpaired) electrons. The van der Waals surface area contributed by atoms with Crippen molar-refractivity contribution in [2.75, 3.05) is 14.2 Å². The van der Waals surface area contributed by atoms with Gasteiger partial charge in [-0.15, -0.1) is 5.10 Å². The molecule has 2 heterocycles. The Morgan fingerprint density at radius 2 is 1.59 bits per heavy atom. The third-order valence-electron chi connectivity index (χ3n) is 4.02. The SMILES string of the molecule is COc1ccccc1Oc1ccc2nc(-c3ccccc3F)c(OC)n2n1. The lowest BCUT2D eigenvalue weighted by atomic mass is 10.1. The van der Waals surface area contributed by atoms with Crippen LogP contribution in [-0.2, 0) is 0 Å². The molecule has 0 fully saturated rings. The lowest BCUT2D eigenvalue weighted by Gasteiger charge is -2.09. The summed E-state index contributed by atoms with van der Waals surface area (Å²) in [6, 6.07) is 17.1. The summed E-state index contributed by atoms with van der Waals surface area (Å²) in [4.78, 5) is 4.45. The largest absolute Gasteiger partial charge is 0.493 e. The number of nitrogens with zero attached hydrogens (tertiary/aromatic N) is 3. The quantitative estimate of drug-likeness (QED) is 0.526. The highest BCUT2D eigenvalue weighted by Gasteiger charge is 2.19. The van der Waals surface area contributed by atoms with E-state index in [2.05, 4.69) is 10.1 Å². The van der Waals surface area contributed by atoms with Gasteiger partial charge in [-0.2, -0.15) is 4.52 Å². The van der Waals surface area contributed by atoms with Gasteiger partial charge in [0, 0.05) is 11.6 Å². The zero-order valence-electron chi connectivity index (χ0n) is 14.7. The fraction of sp³-hybridized carbons (Fsp3) is 0.100. The third-order valence-corrected chi connectivity index (χ3v) is 4.02. The van der Waals surface area contributed by atoms with Gasteiger partial charge in [0.05, 0.1) is 14.2 Å². The highest BCUT2D eigenvalue weighted by Crippen LogP contribution is 2.34. The van der Waals surface area contributed by atoms with Gasteiger partial charge in [0.1, 0.15) is 11.5 Å². The Morgan fingerprint density at radius 3 is 2.33 bits per heavy atom. The second-order valence-corrected chi connectivity index (χ2v) is 5.64. The summed E-state index contributed by atoms with van der Waals surface area (Å²) in [5.74, 6) is 1.37. The van der Waals surface area contributed by atoms with E-state index in [4.69, 9.17) is 14.2 Å². The van der Waals surface area contributed by atoms with Crippen molar-refractivity contribution in [1.82, 2.24) is 14.6 Å². The Bertz CT molecular complexity index is 1110. The van der Waals surface area contributed by atoms with Crippen molar-refractivity contribution in [2.45, 2.75) is 0 Å². The Kier molecular flexibility index (Phi) is 4.33. The number of hydrogen-bond donors (Lipinski definition) is 0. The molecular weight excluding hydrogens is 349 g/mol. The molecule has 0 aliphatic carbocycles. The molecule has 27 heavy (non-hydrogen) atoms. The van der Waals surface area contributed by atoms with Crippen LogP contribution >= 0.6 is 0 Å². The molecule has 0 spiro atoms. The van der Waals surface area contributed by atoms with Crippen LogP contribution in [0.15, 0.2) is 60.7 Å². The van der Waals surface area contributed by atoms with Gasteiger partial charge in [0.15, 0.2) is 17.1 Å². The number of imidazole rings is 1. The summed E-state index contributed by atoms with van der Waals surface area (Å²) in [5.41, 5.74) is 1.22. The normalized spacial score (nSPS) is 10.8. The second-order valence-electron chi connectivity index (χ2n) is 5.64. The van der Waals surface area contributed by atoms with Crippen molar-refractivity contribution in [3.05, 3.63) is 66.5 Å². The topological polar surface area (TPSA) is 57.9 Å². The molecule has 0 unspecified atom stereocenters. The fourth-order valence-electron chi connectivity index (χ4n) is 2.78. The van der Waals surface area contributed by atoms with Gasteiger partial charge < -0.3 is 14.2 Å². The molecule has 2 aromatic carbocycles. The van der Waals surface area contributed by atoms with E-state index in [0.29, 0.717) is 40.2 Å². The van der Waals surface area contributed by atoms with Crippen molar-refractivity contribution in [1.29, 1.82) is 0 Å². The predicted octanol–water partition coefficient (Wildman–Crippen LogP) is 4.34. The average molecular weight is 365 g/mol. The summed E-state index contributed by atoms with van der Waals surface area (Å²) in [6.07, 6.45) is 0. The molecule has 0 bridgehead atoms. The van der Waals surface area contributed by atoms with Gasteiger partial charge >= 0.3 is 0 Å². The smallest absolute Gasteiger partial charge is 0.243 e. The van der Waals surface area contributed by atoms with Crippen molar-refractivity contribution < 1.29 is 18.6 Å². The molecule has 0 saturated heterocycles. The van der Waals surface area contributed by atoms with Crippen molar-refractivity contribution >= 4 is 5.65 Å². The van der Waals surface area contributed by atoms with Crippen LogP contribution in [-0.4, -0.2) is 28.8 Å². The van der Waals surface area contributed by atoms with E-state index in [1.54, 1.807) is 49.6 Å². The van der Waals surface area contributed by atoms with Gasteiger partial charge in [-0.05, 0) is 30.3 Å². The van der Waals surface area contributed by atoms with Crippen LogP contribution < -0.4 is 14.2 Å². The molecule has 0 atom stereocenters. The number of ether oxygens (including phenoxy) is 3. The van der Waals surface area contributed by atoms with Gasteiger partial charge in [0.2, 0.25) is 11.8 Å². The van der Waals surface area contributed by atoms with Gasteiger partial charge in [-0.25, -0.2) is 9.37 Å². The molecule has 0 N–H and O–H groups in total. The summed E-state index contributed by atoms with van der Waals surface area (Å²) >= 11 is 0. The summed E-state index contributed by atoms with van der Waals surface area (Å²) in [7, 11) is 3.06. The summed E-state index contributed by atoms with van der Waals surface area (Å²) in [5, 5.41) is 4.42. The monoisotopic (exact) mass is 365 g/mol. The Morgan fingerprint density at radius 1 is 0.852 bits per heavy atom. The van der Waals surface area contributed by atoms with E-state index >= 15 is 0 Å². The van der Waals surface area contributed by atoms with E-state index in [9.17, 15) is 4.39 Å². The number of hydrogen-bond acceptors (Lipinski definition) is 5. The molecule has 0 aliphatic heterocycles. The van der Waals surface area contributed by atoms with Gasteiger partial charge in [-0.3, -0.25) is 0 Å². The molecular formula is C20H16FN3O3. The molecule has 0 aliphatic rings. The van der Waals surface area contributed by atoms with E-state index in [1.807, 2.05) is 12.1 Å². The first-order valence-electron chi connectivity index (χ1n) is 8.21. The minimum atomic E-state index is -0.385. The number of methoxy groups -OCH3 is 2. The molecule has 4 aromatic rings. The first-order chi connectivity index (χ1) is 13.2. The van der Waals surface area contributed by atoms with Crippen LogP contribution in [0.5, 0.6) is 23.3 Å². The molecule has 7 heteroatoms. The zero-order chi connectivity index (χ0) is 18.8. The Hall–Kier alpha value is -3.61. The highest BCUT2D eigenvalue weighted by atomic mass is 19.1. The minimum Gasteiger partial charge on any atom is -0.493 e. The first kappa shape index (κ1) is 16.8. The Balaban J connectivity index is 1.80. The first-order valence-corrected chi connectivity index (χ1v) is 8.21. The van der Waals surface area contributed by atoms with Crippen molar-refractivity contribution in [2.24, 2.45) is 0 Å². The molecule has 136 valence electrons. The molecule has 0 amide bonds. The van der Waals surface area contributed by atoms with Crippen LogP contribution in [0.1, 0.15) is 0 Å². The number of fused-ring (bicyclic) bond motifs is 1. The van der Waals surface area contributed by atoms with Crippen molar-refractivity contribution in [3.63, 3.8) is 0 Å². The van der Waals surface area contributed by atoms with E-state index in [-0.39, 0.29) is 5.82 Å². The minimum absolute atomic E-state index is 0.320. The number of rotatable bonds is 5. The average Bonchev–Trinajstić information content (AvgIpc) is 3.06. The maximum absolute atomic E-state index is 14.2. The lowest BCUT2D eigenvalue weighted by molar-refractivity contribution is 0.364. The Labute approximate surface area is 154 Å². The predicted molar refractivity (Wildman–Crippen MR) is 98.0 cm³/mol. The van der Waals surface area contributed by atoms with E-state index < -0.39 is 0 Å². The molecule has 4 rings (SSSR count). The number of aromatic nitrogens is 3. The molecule has 6 nitrogen and oxygen atoms in total. The zero-order valence-corrected chi connectivity index (χ0v) is 14.7. The maximum atomic E-state index is 14.2. The summed E-state index contributed by atoms with van der Waals surface area (Å²) in [6.45, 7) is 0. The maximum Gasteiger partial charge on any atom is 0.243 e. The molecule has 2 aromatic heterocycles. The molecule has 0 saturated carbocycles. The van der Waals surface area contributed by atoms with Gasteiger partial charge in [-0.1, -0.05) is 24.3 Å². The van der Waals surface area contributed by atoms with Gasteiger partial charge in [0.25, 0.3) is 0 Å². The number of para-hydroxylation sites is 2. The van der Waals surface area contributed by atoms with Crippen LogP contribution in [0.25, 0.3) is 16.9 Å². The van der Waals surface area contributed by atoms with Crippen LogP contribution in [0.2, 0.25) is 0 Å². The summed E-state index contributed by atoms with van der Waals surface area (Å²) < 4.78 is 32.3. The van der Waals surface area contributed by atoms with E-state index in [0.717, 1.165) is 0 Å². The van der Waals surface area contributed by atoms with Crippen molar-refractivity contribution in [3.8, 4) is 34.5 Å². The number of halogens is 1. The van der Waals surface area contributed by atoms with Crippen LogP contribution in [0.4, 0.5) is 4.39 Å². The van der Waals surface area contributed by atoms with Crippen LogP contribution in [0, 0.1) is 5.82 Å². The third kappa shape index (κ3) is 3.03. The van der Waals surface area contributed by atoms with E-state index in [1.165, 1.54) is 17.7 Å². The fourth-order valence-corrected chi connectivity index (χ4v) is 2.78. The second kappa shape index (κ2) is 6.95. The number of benzene rings is 2. The highest BCUT2D eigenvalue weighted by molar-refractivity contribution is 5.69. The van der Waals surface area contributed by atoms with Crippen LogP contribution in [0.3, 0.4) is 0 Å². The standard InChI is InChI=1S/C20H16FN3O3/c1-25-15-9-5-6-10-16(15)27-18-12-11-17-22-19(20(26-2)24(17)23-18)13-7-3-4-8-14(13)21/h3-12H,1-2H3. The lowest BCUT2D eigenvalue weighted by Crippen LogP contribution is -1.99.